The molecule has 0 unspecified atom stereocenters. The summed E-state index contributed by atoms with van der Waals surface area (Å²) in [6, 6.07) is 0. The standard InChI is InChI=1S/2C5H12N.CH3.Sn.H/c2*1-4-5-6(2)3;;;/h2*1,4-5H2,2-3H3;1H3;;. The van der Waals surface area contributed by atoms with Gasteiger partial charge in [-0.1, -0.05) is 0 Å². The van der Waals surface area contributed by atoms with Crippen LogP contribution < -0.4 is 0 Å². The van der Waals surface area contributed by atoms with Crippen molar-refractivity contribution >= 4 is 19.8 Å². The van der Waals surface area contributed by atoms with E-state index in [4.69, 9.17) is 0 Å². The van der Waals surface area contributed by atoms with Gasteiger partial charge < -0.3 is 0 Å². The molecule has 0 rings (SSSR count). The van der Waals surface area contributed by atoms with Crippen LogP contribution in [0.1, 0.15) is 12.8 Å². The third kappa shape index (κ3) is 10.8. The number of rotatable bonds is 8. The Labute approximate surface area is 97.4 Å². The van der Waals surface area contributed by atoms with Crippen molar-refractivity contribution in [1.29, 1.82) is 0 Å². The molecule has 0 aliphatic rings. The van der Waals surface area contributed by atoms with E-state index >= 15 is 0 Å². The monoisotopic (exact) mass is 308 g/mol. The van der Waals surface area contributed by atoms with E-state index in [0.29, 0.717) is 0 Å². The molecule has 0 radical (unpaired) electrons. The van der Waals surface area contributed by atoms with Crippen LogP contribution in [0.25, 0.3) is 0 Å². The molecule has 0 amide bonds. The summed E-state index contributed by atoms with van der Waals surface area (Å²) in [5, 5.41) is 0. The molecule has 3 heteroatoms. The van der Waals surface area contributed by atoms with E-state index in [1.54, 1.807) is 8.87 Å². The van der Waals surface area contributed by atoms with Gasteiger partial charge in [-0.15, -0.1) is 0 Å². The number of hydrogen-bond acceptors (Lipinski definition) is 2. The van der Waals surface area contributed by atoms with Crippen molar-refractivity contribution in [2.45, 2.75) is 26.7 Å². The molecule has 0 aromatic carbocycles. The van der Waals surface area contributed by atoms with Gasteiger partial charge in [-0.3, -0.25) is 0 Å². The maximum absolute atomic E-state index is 2.59. The minimum absolute atomic E-state index is 1.02. The van der Waals surface area contributed by atoms with Crippen molar-refractivity contribution in [3.63, 3.8) is 0 Å². The fraction of sp³-hybridized carbons (Fsp3) is 1.00. The van der Waals surface area contributed by atoms with E-state index in [0.717, 1.165) is 0 Å². The molecule has 0 aromatic heterocycles. The SMILES string of the molecule is CN(C)CC[CH2][SnH]([CH3])[CH2]CCN(C)C. The van der Waals surface area contributed by atoms with Gasteiger partial charge >= 0.3 is 97.5 Å². The van der Waals surface area contributed by atoms with Gasteiger partial charge in [-0.25, -0.2) is 0 Å². The van der Waals surface area contributed by atoms with Crippen LogP contribution in [0.15, 0.2) is 0 Å². The second-order valence-corrected chi connectivity index (χ2v) is 14.6. The molecule has 0 N–H and O–H groups in total. The Morgan fingerprint density at radius 1 is 0.786 bits per heavy atom. The first kappa shape index (κ1) is 14.7. The van der Waals surface area contributed by atoms with Gasteiger partial charge in [0.05, 0.1) is 0 Å². The zero-order valence-corrected chi connectivity index (χ0v) is 14.0. The zero-order valence-electron chi connectivity index (χ0n) is 10.7. The zero-order chi connectivity index (χ0) is 11.0. The Morgan fingerprint density at radius 3 is 1.43 bits per heavy atom. The van der Waals surface area contributed by atoms with E-state index in [-0.39, 0.29) is 0 Å². The van der Waals surface area contributed by atoms with Crippen LogP contribution in [0, 0.1) is 0 Å². The molecular formula is C11H28N2Sn. The summed E-state index contributed by atoms with van der Waals surface area (Å²) in [6.07, 6.45) is 2.87. The average Bonchev–Trinajstić information content (AvgIpc) is 2.02. The third-order valence-corrected chi connectivity index (χ3v) is 10.6. The van der Waals surface area contributed by atoms with Gasteiger partial charge in [0, 0.05) is 0 Å². The van der Waals surface area contributed by atoms with Crippen molar-refractivity contribution in [2.75, 3.05) is 41.3 Å². The third-order valence-electron chi connectivity index (χ3n) is 2.60. The molecule has 0 heterocycles. The molecule has 0 aliphatic heterocycles. The summed E-state index contributed by atoms with van der Waals surface area (Å²) >= 11 is -1.02. The Hall–Kier alpha value is 0.719. The van der Waals surface area contributed by atoms with Crippen molar-refractivity contribution in [2.24, 2.45) is 0 Å². The van der Waals surface area contributed by atoms with E-state index < -0.39 is 19.8 Å². The maximum atomic E-state index is 2.59. The van der Waals surface area contributed by atoms with Gasteiger partial charge in [-0.2, -0.15) is 0 Å². The van der Waals surface area contributed by atoms with Gasteiger partial charge in [-0.05, 0) is 0 Å². The normalized spacial score (nSPS) is 12.0. The van der Waals surface area contributed by atoms with E-state index in [9.17, 15) is 0 Å². The summed E-state index contributed by atoms with van der Waals surface area (Å²) in [5.41, 5.74) is 0. The molecule has 0 fully saturated rings. The summed E-state index contributed by atoms with van der Waals surface area (Å²) in [5.74, 6) is 0. The van der Waals surface area contributed by atoms with Crippen molar-refractivity contribution in [1.82, 2.24) is 9.80 Å². The second-order valence-electron chi connectivity index (χ2n) is 5.00. The molecule has 0 saturated carbocycles. The molecule has 2 nitrogen and oxygen atoms in total. The molecule has 86 valence electrons. The van der Waals surface area contributed by atoms with Crippen molar-refractivity contribution in [3.8, 4) is 0 Å². The fourth-order valence-electron chi connectivity index (χ4n) is 1.66. The summed E-state index contributed by atoms with van der Waals surface area (Å²) in [4.78, 5) is 7.20. The van der Waals surface area contributed by atoms with Gasteiger partial charge in [0.15, 0.2) is 0 Å². The topological polar surface area (TPSA) is 6.48 Å². The number of nitrogens with zero attached hydrogens (tertiary/aromatic N) is 2. The van der Waals surface area contributed by atoms with Gasteiger partial charge in [0.25, 0.3) is 0 Å². The molecule has 0 aliphatic carbocycles. The van der Waals surface area contributed by atoms with E-state index in [2.05, 4.69) is 42.9 Å². The molecule has 0 aromatic rings. The van der Waals surface area contributed by atoms with Crippen molar-refractivity contribution in [3.05, 3.63) is 0 Å². The van der Waals surface area contributed by atoms with Gasteiger partial charge in [0.1, 0.15) is 0 Å². The first-order valence-electron chi connectivity index (χ1n) is 5.82. The Balaban J connectivity index is 3.23. The first-order chi connectivity index (χ1) is 6.52. The Morgan fingerprint density at radius 2 is 1.14 bits per heavy atom. The summed E-state index contributed by atoms with van der Waals surface area (Å²) in [7, 11) is 8.69. The first-order valence-corrected chi connectivity index (χ1v) is 13.8. The van der Waals surface area contributed by atoms with Crippen LogP contribution in [0.2, 0.25) is 13.8 Å². The quantitative estimate of drug-likeness (QED) is 0.630. The molecule has 0 atom stereocenters. The summed E-state index contributed by atoms with van der Waals surface area (Å²) in [6.45, 7) is 2.57. The average molecular weight is 307 g/mol. The predicted octanol–water partition coefficient (Wildman–Crippen LogP) is 1.75. The Bertz CT molecular complexity index is 112. The molecule has 0 bridgehead atoms. The number of hydrogen-bond donors (Lipinski definition) is 0. The van der Waals surface area contributed by atoms with Crippen molar-refractivity contribution < 1.29 is 0 Å². The molecule has 14 heavy (non-hydrogen) atoms. The fourth-order valence-corrected chi connectivity index (χ4v) is 7.50. The van der Waals surface area contributed by atoms with Crippen LogP contribution >= 0.6 is 0 Å². The molecule has 0 saturated heterocycles. The van der Waals surface area contributed by atoms with E-state index in [1.807, 2.05) is 0 Å². The molecular weight excluding hydrogens is 279 g/mol. The molecule has 0 spiro atoms. The summed E-state index contributed by atoms with van der Waals surface area (Å²) < 4.78 is 3.18. The van der Waals surface area contributed by atoms with Crippen LogP contribution in [0.4, 0.5) is 0 Å². The van der Waals surface area contributed by atoms with Crippen LogP contribution in [-0.2, 0) is 0 Å². The Kier molecular flexibility index (Phi) is 9.44. The van der Waals surface area contributed by atoms with Crippen LogP contribution in [0.3, 0.4) is 0 Å². The predicted molar refractivity (Wildman–Crippen MR) is 69.0 cm³/mol. The minimum atomic E-state index is -1.02. The van der Waals surface area contributed by atoms with Crippen LogP contribution in [-0.4, -0.2) is 70.8 Å². The second kappa shape index (κ2) is 8.98. The van der Waals surface area contributed by atoms with Gasteiger partial charge in [0.2, 0.25) is 0 Å². The van der Waals surface area contributed by atoms with E-state index in [1.165, 1.54) is 25.9 Å². The van der Waals surface area contributed by atoms with Crippen LogP contribution in [0.5, 0.6) is 0 Å².